The molecule has 2 aliphatic rings. The molecule has 0 unspecified atom stereocenters. The van der Waals surface area contributed by atoms with Gasteiger partial charge < -0.3 is 9.84 Å². The maximum atomic E-state index is 13.1. The van der Waals surface area contributed by atoms with Crippen molar-refractivity contribution in [3.8, 4) is 0 Å². The lowest BCUT2D eigenvalue weighted by Gasteiger charge is -2.29. The molecule has 1 aromatic heterocycles. The van der Waals surface area contributed by atoms with Gasteiger partial charge in [-0.15, -0.1) is 0 Å². The van der Waals surface area contributed by atoms with Gasteiger partial charge in [-0.1, -0.05) is 30.1 Å². The van der Waals surface area contributed by atoms with E-state index in [0.717, 1.165) is 36.8 Å². The van der Waals surface area contributed by atoms with Crippen LogP contribution in [0.3, 0.4) is 0 Å². The summed E-state index contributed by atoms with van der Waals surface area (Å²) >= 11 is 0. The van der Waals surface area contributed by atoms with Crippen LogP contribution in [0.2, 0.25) is 0 Å². The molecule has 1 saturated carbocycles. The number of amides is 2. The van der Waals surface area contributed by atoms with Gasteiger partial charge in [-0.3, -0.25) is 9.59 Å². The van der Waals surface area contributed by atoms with Gasteiger partial charge in [-0.2, -0.15) is 10.1 Å². The minimum absolute atomic E-state index is 0.111. The smallest absolute Gasteiger partial charge is 0.268 e. The van der Waals surface area contributed by atoms with E-state index in [1.54, 1.807) is 6.92 Å². The molecular formula is C21H25N5O3. The molecule has 1 N–H and O–H groups in total. The number of nitrogens with one attached hydrogen (secondary N) is 1. The van der Waals surface area contributed by atoms with Crippen LogP contribution in [0.15, 0.2) is 27.8 Å². The highest BCUT2D eigenvalue weighted by molar-refractivity contribution is 6.40. The number of aromatic nitrogens is 2. The van der Waals surface area contributed by atoms with E-state index in [-0.39, 0.29) is 18.2 Å². The van der Waals surface area contributed by atoms with E-state index < -0.39 is 5.54 Å². The Bertz CT molecular complexity index is 988. The van der Waals surface area contributed by atoms with Crippen molar-refractivity contribution in [2.45, 2.75) is 64.8 Å². The maximum absolute atomic E-state index is 13.1. The van der Waals surface area contributed by atoms with Gasteiger partial charge in [0.1, 0.15) is 11.3 Å². The summed E-state index contributed by atoms with van der Waals surface area (Å²) in [6, 6.07) is 5.85. The van der Waals surface area contributed by atoms with Crippen molar-refractivity contribution in [3.05, 3.63) is 41.0 Å². The number of carbonyl (C=O) groups is 2. The third-order valence-corrected chi connectivity index (χ3v) is 5.65. The molecule has 2 amide bonds. The fourth-order valence-corrected chi connectivity index (χ4v) is 4.02. The van der Waals surface area contributed by atoms with Gasteiger partial charge in [0, 0.05) is 19.8 Å². The molecule has 4 rings (SSSR count). The van der Waals surface area contributed by atoms with Crippen LogP contribution < -0.4 is 10.3 Å². The second kappa shape index (κ2) is 7.42. The topological polar surface area (TPSA) is 101 Å². The first-order valence-corrected chi connectivity index (χ1v) is 9.99. The van der Waals surface area contributed by atoms with E-state index in [0.29, 0.717) is 29.5 Å². The van der Waals surface area contributed by atoms with E-state index in [1.807, 2.05) is 32.0 Å². The van der Waals surface area contributed by atoms with Crippen molar-refractivity contribution in [1.29, 1.82) is 0 Å². The van der Waals surface area contributed by atoms with Crippen molar-refractivity contribution in [3.63, 3.8) is 0 Å². The molecule has 2 heterocycles. The molecule has 2 aromatic rings. The summed E-state index contributed by atoms with van der Waals surface area (Å²) in [5, 5.41) is 13.0. The van der Waals surface area contributed by atoms with Crippen LogP contribution in [-0.4, -0.2) is 27.7 Å². The van der Waals surface area contributed by atoms with E-state index >= 15 is 0 Å². The third-order valence-electron chi connectivity index (χ3n) is 5.65. The van der Waals surface area contributed by atoms with E-state index in [9.17, 15) is 9.59 Å². The second-order valence-electron chi connectivity index (χ2n) is 7.92. The lowest BCUT2D eigenvalue weighted by Crippen LogP contribution is -2.49. The minimum atomic E-state index is -0.636. The number of rotatable bonds is 4. The lowest BCUT2D eigenvalue weighted by atomic mass is 9.95. The predicted molar refractivity (Wildman–Crippen MR) is 107 cm³/mol. The first-order valence-electron chi connectivity index (χ1n) is 9.99. The molecule has 1 aliphatic heterocycles. The quantitative estimate of drug-likeness (QED) is 0.857. The normalized spacial score (nSPS) is 18.7. The van der Waals surface area contributed by atoms with Crippen molar-refractivity contribution in [2.75, 3.05) is 5.01 Å². The van der Waals surface area contributed by atoms with Gasteiger partial charge in [0.2, 0.25) is 11.8 Å². The molecule has 152 valence electrons. The number of benzene rings is 1. The molecule has 8 nitrogen and oxygen atoms in total. The SMILES string of the molecule is Cc1ccc(C)c(N2N=C(C(=O)NC3(c4noc(C)n4)CCCC3)CCC2=O)c1. The fourth-order valence-electron chi connectivity index (χ4n) is 4.02. The van der Waals surface area contributed by atoms with Gasteiger partial charge in [-0.25, -0.2) is 5.01 Å². The molecule has 1 aliphatic carbocycles. The van der Waals surface area contributed by atoms with Gasteiger partial charge in [0.15, 0.2) is 5.82 Å². The summed E-state index contributed by atoms with van der Waals surface area (Å²) in [6.07, 6.45) is 4.03. The Hall–Kier alpha value is -3.03. The summed E-state index contributed by atoms with van der Waals surface area (Å²) in [4.78, 5) is 30.0. The van der Waals surface area contributed by atoms with Gasteiger partial charge in [-0.05, 0) is 43.9 Å². The maximum Gasteiger partial charge on any atom is 0.268 e. The molecule has 0 saturated heterocycles. The van der Waals surface area contributed by atoms with Crippen LogP contribution in [0, 0.1) is 20.8 Å². The second-order valence-corrected chi connectivity index (χ2v) is 7.92. The highest BCUT2D eigenvalue weighted by Crippen LogP contribution is 2.37. The molecular weight excluding hydrogens is 370 g/mol. The van der Waals surface area contributed by atoms with Crippen LogP contribution in [0.4, 0.5) is 5.69 Å². The van der Waals surface area contributed by atoms with Crippen LogP contribution in [-0.2, 0) is 15.1 Å². The van der Waals surface area contributed by atoms with Crippen molar-refractivity contribution < 1.29 is 14.1 Å². The zero-order valence-electron chi connectivity index (χ0n) is 17.0. The van der Waals surface area contributed by atoms with E-state index in [1.165, 1.54) is 5.01 Å². The average Bonchev–Trinajstić information content (AvgIpc) is 3.34. The standard InChI is InChI=1S/C21H25N5O3/c1-13-6-7-14(2)17(12-13)26-18(27)9-8-16(24-26)19(28)23-21(10-4-5-11-21)20-22-15(3)29-25-20/h6-7,12H,4-5,8-11H2,1-3H3,(H,23,28). The van der Waals surface area contributed by atoms with Crippen LogP contribution in [0.5, 0.6) is 0 Å². The highest BCUT2D eigenvalue weighted by atomic mass is 16.5. The number of carbonyl (C=O) groups excluding carboxylic acids is 2. The Morgan fingerprint density at radius 2 is 1.93 bits per heavy atom. The molecule has 0 atom stereocenters. The molecule has 0 radical (unpaired) electrons. The summed E-state index contributed by atoms with van der Waals surface area (Å²) in [5.41, 5.74) is 2.39. The Morgan fingerprint density at radius 1 is 1.17 bits per heavy atom. The monoisotopic (exact) mass is 395 g/mol. The number of hydrogen-bond donors (Lipinski definition) is 1. The van der Waals surface area contributed by atoms with Crippen LogP contribution in [0.1, 0.15) is 61.4 Å². The highest BCUT2D eigenvalue weighted by Gasteiger charge is 2.42. The summed E-state index contributed by atoms with van der Waals surface area (Å²) in [5.74, 6) is 0.596. The summed E-state index contributed by atoms with van der Waals surface area (Å²) in [6.45, 7) is 5.63. The van der Waals surface area contributed by atoms with E-state index in [4.69, 9.17) is 4.52 Å². The van der Waals surface area contributed by atoms with Crippen molar-refractivity contribution in [1.82, 2.24) is 15.5 Å². The number of anilines is 1. The Morgan fingerprint density at radius 3 is 2.62 bits per heavy atom. The molecule has 1 fully saturated rings. The van der Waals surface area contributed by atoms with Crippen LogP contribution in [0.25, 0.3) is 0 Å². The molecule has 0 spiro atoms. The predicted octanol–water partition coefficient (Wildman–Crippen LogP) is 3.06. The minimum Gasteiger partial charge on any atom is -0.340 e. The fraction of sp³-hybridized carbons (Fsp3) is 0.476. The molecule has 8 heteroatoms. The first kappa shape index (κ1) is 19.3. The summed E-state index contributed by atoms with van der Waals surface area (Å²) in [7, 11) is 0. The van der Waals surface area contributed by atoms with Gasteiger partial charge in [0.05, 0.1) is 5.69 Å². The molecule has 0 bridgehead atoms. The molecule has 1 aromatic carbocycles. The van der Waals surface area contributed by atoms with Crippen molar-refractivity contribution >= 4 is 23.2 Å². The third kappa shape index (κ3) is 3.66. The Kier molecular flexibility index (Phi) is 4.94. The zero-order chi connectivity index (χ0) is 20.6. The first-order chi connectivity index (χ1) is 13.9. The number of aryl methyl sites for hydroxylation is 3. The van der Waals surface area contributed by atoms with Crippen molar-refractivity contribution in [2.24, 2.45) is 5.10 Å². The average molecular weight is 395 g/mol. The van der Waals surface area contributed by atoms with Crippen LogP contribution >= 0.6 is 0 Å². The largest absolute Gasteiger partial charge is 0.340 e. The van der Waals surface area contributed by atoms with Gasteiger partial charge in [0.25, 0.3) is 5.91 Å². The zero-order valence-corrected chi connectivity index (χ0v) is 17.0. The number of nitrogens with zero attached hydrogens (tertiary/aromatic N) is 4. The van der Waals surface area contributed by atoms with Gasteiger partial charge >= 0.3 is 0 Å². The number of hydrogen-bond acceptors (Lipinski definition) is 6. The number of hydrazone groups is 1. The molecule has 29 heavy (non-hydrogen) atoms. The Labute approximate surface area is 169 Å². The van der Waals surface area contributed by atoms with E-state index in [2.05, 4.69) is 20.6 Å². The summed E-state index contributed by atoms with van der Waals surface area (Å²) < 4.78 is 5.15. The lowest BCUT2D eigenvalue weighted by molar-refractivity contribution is -0.119. The Balaban J connectivity index is 1.62.